The molecule has 1 amide bonds. The summed E-state index contributed by atoms with van der Waals surface area (Å²) < 4.78 is 0. The second-order valence-electron chi connectivity index (χ2n) is 5.88. The molecule has 1 N–H and O–H groups in total. The maximum atomic E-state index is 12.7. The summed E-state index contributed by atoms with van der Waals surface area (Å²) in [6, 6.07) is 11.6. The van der Waals surface area contributed by atoms with Gasteiger partial charge < -0.3 is 10.2 Å². The Kier molecular flexibility index (Phi) is 4.86. The quantitative estimate of drug-likeness (QED) is 0.942. The Morgan fingerprint density at radius 2 is 1.74 bits per heavy atom. The van der Waals surface area contributed by atoms with E-state index in [4.69, 9.17) is 0 Å². The highest BCUT2D eigenvalue weighted by molar-refractivity contribution is 5.93. The lowest BCUT2D eigenvalue weighted by atomic mass is 10.2. The van der Waals surface area contributed by atoms with E-state index in [1.807, 2.05) is 42.2 Å². The van der Waals surface area contributed by atoms with Crippen LogP contribution < -0.4 is 5.32 Å². The first-order valence-corrected chi connectivity index (χ1v) is 8.19. The summed E-state index contributed by atoms with van der Waals surface area (Å²) in [5.74, 6) is 1.26. The van der Waals surface area contributed by atoms with Crippen molar-refractivity contribution in [1.82, 2.24) is 14.9 Å². The van der Waals surface area contributed by atoms with E-state index in [0.29, 0.717) is 17.3 Å². The number of hydrogen-bond donors (Lipinski definition) is 1. The lowest BCUT2D eigenvalue weighted by molar-refractivity contribution is 0.0755. The topological polar surface area (TPSA) is 58.1 Å². The second kappa shape index (κ2) is 7.22. The molecule has 5 heteroatoms. The second-order valence-corrected chi connectivity index (χ2v) is 5.88. The van der Waals surface area contributed by atoms with Gasteiger partial charge in [-0.3, -0.25) is 4.79 Å². The minimum absolute atomic E-state index is 0.00788. The maximum Gasteiger partial charge on any atom is 0.272 e. The molecule has 0 aliphatic carbocycles. The number of anilines is 2. The number of nitrogens with one attached hydrogen (secondary N) is 1. The molecule has 23 heavy (non-hydrogen) atoms. The van der Waals surface area contributed by atoms with Gasteiger partial charge in [0.25, 0.3) is 5.91 Å². The number of rotatable bonds is 3. The lowest BCUT2D eigenvalue weighted by Gasteiger charge is -2.20. The van der Waals surface area contributed by atoms with E-state index in [9.17, 15) is 4.79 Å². The lowest BCUT2D eigenvalue weighted by Crippen LogP contribution is -2.32. The fourth-order valence-electron chi connectivity index (χ4n) is 2.85. The number of likely N-dealkylation sites (tertiary alicyclic amines) is 1. The zero-order valence-corrected chi connectivity index (χ0v) is 13.5. The summed E-state index contributed by atoms with van der Waals surface area (Å²) in [5.41, 5.74) is 1.41. The minimum Gasteiger partial charge on any atom is -0.340 e. The fourth-order valence-corrected chi connectivity index (χ4v) is 2.85. The number of para-hydroxylation sites is 1. The molecule has 1 aromatic carbocycles. The zero-order chi connectivity index (χ0) is 16.1. The van der Waals surface area contributed by atoms with Crippen molar-refractivity contribution >= 4 is 17.4 Å². The van der Waals surface area contributed by atoms with Crippen molar-refractivity contribution < 1.29 is 4.79 Å². The number of hydrogen-bond acceptors (Lipinski definition) is 4. The third-order valence-corrected chi connectivity index (χ3v) is 4.00. The average Bonchev–Trinajstić information content (AvgIpc) is 2.84. The van der Waals surface area contributed by atoms with Gasteiger partial charge in [0.05, 0.1) is 0 Å². The molecular weight excluding hydrogens is 288 g/mol. The van der Waals surface area contributed by atoms with Crippen molar-refractivity contribution in [1.29, 1.82) is 0 Å². The first-order valence-electron chi connectivity index (χ1n) is 8.19. The molecule has 0 unspecified atom stereocenters. The van der Waals surface area contributed by atoms with Crippen molar-refractivity contribution in [3.05, 3.63) is 47.9 Å². The van der Waals surface area contributed by atoms with E-state index < -0.39 is 0 Å². The Balaban J connectivity index is 1.80. The molecule has 0 spiro atoms. The van der Waals surface area contributed by atoms with Crippen molar-refractivity contribution in [3.63, 3.8) is 0 Å². The summed E-state index contributed by atoms with van der Waals surface area (Å²) >= 11 is 0. The Morgan fingerprint density at radius 1 is 1.04 bits per heavy atom. The summed E-state index contributed by atoms with van der Waals surface area (Å²) in [5, 5.41) is 3.23. The summed E-state index contributed by atoms with van der Waals surface area (Å²) in [6.45, 7) is 3.46. The predicted molar refractivity (Wildman–Crippen MR) is 90.9 cm³/mol. The number of aromatic nitrogens is 2. The van der Waals surface area contributed by atoms with Crippen molar-refractivity contribution in [3.8, 4) is 0 Å². The third-order valence-electron chi connectivity index (χ3n) is 4.00. The predicted octanol–water partition coefficient (Wildman–Crippen LogP) is 3.54. The first kappa shape index (κ1) is 15.5. The highest BCUT2D eigenvalue weighted by atomic mass is 16.2. The van der Waals surface area contributed by atoms with Gasteiger partial charge in [-0.25, -0.2) is 9.97 Å². The number of carbonyl (C=O) groups is 1. The molecule has 0 radical (unpaired) electrons. The van der Waals surface area contributed by atoms with Crippen LogP contribution in [0.15, 0.2) is 36.4 Å². The van der Waals surface area contributed by atoms with Crippen LogP contribution in [-0.4, -0.2) is 33.9 Å². The van der Waals surface area contributed by atoms with Gasteiger partial charge in [0.15, 0.2) is 0 Å². The Bertz CT molecular complexity index is 664. The Morgan fingerprint density at radius 3 is 2.43 bits per heavy atom. The molecule has 3 rings (SSSR count). The molecule has 0 atom stereocenters. The van der Waals surface area contributed by atoms with Gasteiger partial charge in [-0.1, -0.05) is 31.0 Å². The molecule has 1 aliphatic rings. The van der Waals surface area contributed by atoms with Crippen LogP contribution in [0.25, 0.3) is 0 Å². The van der Waals surface area contributed by atoms with Gasteiger partial charge >= 0.3 is 0 Å². The van der Waals surface area contributed by atoms with E-state index in [1.165, 1.54) is 12.8 Å². The molecule has 1 aromatic heterocycles. The normalized spacial score (nSPS) is 15.1. The Hall–Kier alpha value is -2.43. The van der Waals surface area contributed by atoms with Crippen LogP contribution >= 0.6 is 0 Å². The third kappa shape index (κ3) is 4.06. The molecule has 0 bridgehead atoms. The summed E-state index contributed by atoms with van der Waals surface area (Å²) in [7, 11) is 0. The highest BCUT2D eigenvalue weighted by Gasteiger charge is 2.19. The number of nitrogens with zero attached hydrogens (tertiary/aromatic N) is 3. The molecule has 1 aliphatic heterocycles. The first-order chi connectivity index (χ1) is 11.2. The van der Waals surface area contributed by atoms with E-state index in [1.54, 1.807) is 6.07 Å². The molecular formula is C18H22N4O. The van der Waals surface area contributed by atoms with Gasteiger partial charge in [-0.05, 0) is 31.9 Å². The van der Waals surface area contributed by atoms with E-state index >= 15 is 0 Å². The van der Waals surface area contributed by atoms with E-state index in [2.05, 4.69) is 15.3 Å². The standard InChI is InChI=1S/C18H22N4O/c1-14-19-16(18(23)22-11-7-2-3-8-12-22)13-17(20-14)21-15-9-5-4-6-10-15/h4-6,9-10,13H,2-3,7-8,11-12H2,1H3,(H,19,20,21). The summed E-state index contributed by atoms with van der Waals surface area (Å²) in [6.07, 6.45) is 4.55. The molecule has 120 valence electrons. The number of amides is 1. The number of aryl methyl sites for hydroxylation is 1. The number of benzene rings is 1. The monoisotopic (exact) mass is 310 g/mol. The van der Waals surface area contributed by atoms with Gasteiger partial charge in [0.2, 0.25) is 0 Å². The SMILES string of the molecule is Cc1nc(Nc2ccccc2)cc(C(=O)N2CCCCCC2)n1. The smallest absolute Gasteiger partial charge is 0.272 e. The van der Waals surface area contributed by atoms with Gasteiger partial charge in [-0.15, -0.1) is 0 Å². The molecule has 1 fully saturated rings. The van der Waals surface area contributed by atoms with Gasteiger partial charge in [0.1, 0.15) is 17.3 Å². The molecule has 0 saturated carbocycles. The molecule has 2 heterocycles. The minimum atomic E-state index is 0.00788. The maximum absolute atomic E-state index is 12.7. The van der Waals surface area contributed by atoms with Crippen LogP contribution in [0.3, 0.4) is 0 Å². The highest BCUT2D eigenvalue weighted by Crippen LogP contribution is 2.17. The molecule has 5 nitrogen and oxygen atoms in total. The Labute approximate surface area is 136 Å². The molecule has 2 aromatic rings. The largest absolute Gasteiger partial charge is 0.340 e. The van der Waals surface area contributed by atoms with Gasteiger partial charge in [-0.2, -0.15) is 0 Å². The average molecular weight is 310 g/mol. The number of carbonyl (C=O) groups excluding carboxylic acids is 1. The van der Waals surface area contributed by atoms with Crippen LogP contribution in [0.4, 0.5) is 11.5 Å². The van der Waals surface area contributed by atoms with E-state index in [-0.39, 0.29) is 5.91 Å². The van der Waals surface area contributed by atoms with Crippen molar-refractivity contribution in [2.75, 3.05) is 18.4 Å². The van der Waals surface area contributed by atoms with Crippen molar-refractivity contribution in [2.24, 2.45) is 0 Å². The van der Waals surface area contributed by atoms with Crippen LogP contribution in [0.2, 0.25) is 0 Å². The van der Waals surface area contributed by atoms with Crippen LogP contribution in [-0.2, 0) is 0 Å². The van der Waals surface area contributed by atoms with Gasteiger partial charge in [0, 0.05) is 24.8 Å². The van der Waals surface area contributed by atoms with Crippen LogP contribution in [0.1, 0.15) is 42.0 Å². The molecule has 1 saturated heterocycles. The van der Waals surface area contributed by atoms with Crippen LogP contribution in [0, 0.1) is 6.92 Å². The van der Waals surface area contributed by atoms with Crippen LogP contribution in [0.5, 0.6) is 0 Å². The fraction of sp³-hybridized carbons (Fsp3) is 0.389. The van der Waals surface area contributed by atoms with Crippen molar-refractivity contribution in [2.45, 2.75) is 32.6 Å². The van der Waals surface area contributed by atoms with E-state index in [0.717, 1.165) is 31.6 Å². The zero-order valence-electron chi connectivity index (χ0n) is 13.5. The summed E-state index contributed by atoms with van der Waals surface area (Å²) in [4.78, 5) is 23.4.